The van der Waals surface area contributed by atoms with Gasteiger partial charge in [-0.25, -0.2) is 4.79 Å². The van der Waals surface area contributed by atoms with Crippen LogP contribution in [0.15, 0.2) is 60.7 Å². The van der Waals surface area contributed by atoms with Crippen LogP contribution in [0.3, 0.4) is 0 Å². The van der Waals surface area contributed by atoms with Crippen molar-refractivity contribution < 1.29 is 22.7 Å². The molecule has 35 heavy (non-hydrogen) atoms. The van der Waals surface area contributed by atoms with E-state index in [1.165, 1.54) is 28.3 Å². The molecule has 0 saturated carbocycles. The van der Waals surface area contributed by atoms with E-state index in [4.69, 9.17) is 16.3 Å². The normalized spacial score (nSPS) is 14.0. The summed E-state index contributed by atoms with van der Waals surface area (Å²) in [6.45, 7) is 3.79. The van der Waals surface area contributed by atoms with Crippen LogP contribution in [0, 0.1) is 5.92 Å². The first-order valence-electron chi connectivity index (χ1n) is 11.6. The maximum Gasteiger partial charge on any atom is 0.416 e. The third-order valence-electron chi connectivity index (χ3n) is 6.35. The molecule has 0 heterocycles. The number of benzene rings is 3. The van der Waals surface area contributed by atoms with Crippen LogP contribution in [-0.4, -0.2) is 12.0 Å². The van der Waals surface area contributed by atoms with Gasteiger partial charge in [0.1, 0.15) is 12.6 Å². The lowest BCUT2D eigenvalue weighted by atomic mass is 9.93. The second kappa shape index (κ2) is 10.3. The maximum absolute atomic E-state index is 13.0. The number of anilines is 1. The van der Waals surface area contributed by atoms with Crippen molar-refractivity contribution in [1.29, 1.82) is 0 Å². The summed E-state index contributed by atoms with van der Waals surface area (Å²) >= 11 is 6.08. The predicted molar refractivity (Wildman–Crippen MR) is 132 cm³/mol. The smallest absolute Gasteiger partial charge is 0.416 e. The van der Waals surface area contributed by atoms with Crippen LogP contribution in [0.25, 0.3) is 11.1 Å². The molecule has 1 N–H and O–H groups in total. The Kier molecular flexibility index (Phi) is 7.41. The molecule has 0 radical (unpaired) electrons. The number of halogens is 4. The van der Waals surface area contributed by atoms with Crippen molar-refractivity contribution in [3.8, 4) is 11.1 Å². The summed E-state index contributed by atoms with van der Waals surface area (Å²) in [5.74, 6) is -0.664. The average molecular weight is 502 g/mol. The van der Waals surface area contributed by atoms with Crippen LogP contribution in [0.2, 0.25) is 5.02 Å². The minimum absolute atomic E-state index is 0.106. The highest BCUT2D eigenvalue weighted by Crippen LogP contribution is 2.36. The zero-order valence-corrected chi connectivity index (χ0v) is 20.3. The van der Waals surface area contributed by atoms with Gasteiger partial charge in [-0.3, -0.25) is 0 Å². The van der Waals surface area contributed by atoms with E-state index in [9.17, 15) is 18.0 Å². The minimum Gasteiger partial charge on any atom is -0.459 e. The summed E-state index contributed by atoms with van der Waals surface area (Å²) in [5.41, 5.74) is 5.25. The number of fused-ring (bicyclic) bond motifs is 3. The van der Waals surface area contributed by atoms with E-state index in [1.807, 2.05) is 32.0 Å². The van der Waals surface area contributed by atoms with Crippen LogP contribution in [0.5, 0.6) is 0 Å². The van der Waals surface area contributed by atoms with Gasteiger partial charge in [-0.2, -0.15) is 13.2 Å². The van der Waals surface area contributed by atoms with E-state index in [0.29, 0.717) is 0 Å². The lowest BCUT2D eigenvalue weighted by Crippen LogP contribution is -2.36. The molecule has 7 heteroatoms. The van der Waals surface area contributed by atoms with Crippen LogP contribution in [0.1, 0.15) is 42.5 Å². The fourth-order valence-corrected chi connectivity index (χ4v) is 4.72. The van der Waals surface area contributed by atoms with Gasteiger partial charge in [0.05, 0.1) is 16.3 Å². The van der Waals surface area contributed by atoms with Crippen molar-refractivity contribution in [2.75, 3.05) is 5.32 Å². The monoisotopic (exact) mass is 501 g/mol. The van der Waals surface area contributed by atoms with E-state index >= 15 is 0 Å². The van der Waals surface area contributed by atoms with Crippen LogP contribution < -0.4 is 5.32 Å². The van der Waals surface area contributed by atoms with E-state index in [2.05, 4.69) is 29.6 Å². The quantitative estimate of drug-likeness (QED) is 0.352. The van der Waals surface area contributed by atoms with E-state index in [1.54, 1.807) is 0 Å². The number of carbonyl (C=O) groups excluding carboxylic acids is 1. The first-order valence-corrected chi connectivity index (χ1v) is 12.0. The van der Waals surface area contributed by atoms with E-state index in [0.717, 1.165) is 37.0 Å². The summed E-state index contributed by atoms with van der Waals surface area (Å²) in [5, 5.41) is 2.87. The van der Waals surface area contributed by atoms with E-state index in [-0.39, 0.29) is 23.2 Å². The lowest BCUT2D eigenvalue weighted by Gasteiger charge is -2.23. The second-order valence-electron chi connectivity index (χ2n) is 9.12. The molecule has 4 rings (SSSR count). The fraction of sp³-hybridized carbons (Fsp3) is 0.321. The number of alkyl halides is 3. The Hall–Kier alpha value is -2.99. The van der Waals surface area contributed by atoms with Crippen LogP contribution in [0.4, 0.5) is 18.9 Å². The highest BCUT2D eigenvalue weighted by atomic mass is 35.5. The Morgan fingerprint density at radius 2 is 1.77 bits per heavy atom. The molecule has 0 bridgehead atoms. The molecular weight excluding hydrogens is 475 g/mol. The summed E-state index contributed by atoms with van der Waals surface area (Å²) < 4.78 is 44.6. The Bertz CT molecular complexity index is 1220. The zero-order chi connectivity index (χ0) is 25.2. The molecule has 1 atom stereocenters. The third-order valence-corrected chi connectivity index (χ3v) is 6.66. The molecular formula is C28H27ClF3NO2. The summed E-state index contributed by atoms with van der Waals surface area (Å²) in [6, 6.07) is 16.7. The third kappa shape index (κ3) is 5.64. The largest absolute Gasteiger partial charge is 0.459 e. The summed E-state index contributed by atoms with van der Waals surface area (Å²) in [7, 11) is 0. The first kappa shape index (κ1) is 25.1. The van der Waals surface area contributed by atoms with Gasteiger partial charge in [0.2, 0.25) is 0 Å². The first-order chi connectivity index (χ1) is 16.6. The van der Waals surface area contributed by atoms with E-state index < -0.39 is 23.8 Å². The van der Waals surface area contributed by atoms with Gasteiger partial charge in [0.25, 0.3) is 0 Å². The molecule has 0 fully saturated rings. The topological polar surface area (TPSA) is 38.3 Å². The Morgan fingerprint density at radius 1 is 1.03 bits per heavy atom. The van der Waals surface area contributed by atoms with Gasteiger partial charge in [-0.1, -0.05) is 67.9 Å². The van der Waals surface area contributed by atoms with Gasteiger partial charge in [0.15, 0.2) is 0 Å². The molecule has 3 aromatic carbocycles. The second-order valence-corrected chi connectivity index (χ2v) is 9.53. The standard InChI is InChI=1S/C28H27ClF3NO2/c1-17(2)26(33-25-14-13-20(15-24(25)29)28(30,31)32)27(34)35-16-19-9-6-12-23-21-10-4-3-7-18(21)8-5-11-22(19)23/h3-4,6-7,9-10,12-15,17,26,33H,5,8,11,16H2,1-2H3. The van der Waals surface area contributed by atoms with Crippen molar-refractivity contribution >= 4 is 23.3 Å². The highest BCUT2D eigenvalue weighted by molar-refractivity contribution is 6.33. The van der Waals surface area contributed by atoms with Crippen LogP contribution >= 0.6 is 11.6 Å². The van der Waals surface area contributed by atoms with Crippen molar-refractivity contribution in [2.45, 2.75) is 51.9 Å². The van der Waals surface area contributed by atoms with Crippen molar-refractivity contribution in [2.24, 2.45) is 5.92 Å². The van der Waals surface area contributed by atoms with Gasteiger partial charge in [-0.15, -0.1) is 0 Å². The van der Waals surface area contributed by atoms with Crippen LogP contribution in [-0.2, 0) is 35.2 Å². The molecule has 0 aromatic heterocycles. The molecule has 184 valence electrons. The van der Waals surface area contributed by atoms with Crippen molar-refractivity contribution in [1.82, 2.24) is 0 Å². The molecule has 3 nitrogen and oxygen atoms in total. The number of rotatable bonds is 6. The lowest BCUT2D eigenvalue weighted by molar-refractivity contribution is -0.147. The summed E-state index contributed by atoms with van der Waals surface area (Å²) in [6.07, 6.45) is -1.59. The number of hydrogen-bond acceptors (Lipinski definition) is 3. The number of aryl methyl sites for hydroxylation is 1. The van der Waals surface area contributed by atoms with Gasteiger partial charge < -0.3 is 10.1 Å². The maximum atomic E-state index is 13.0. The van der Waals surface area contributed by atoms with Gasteiger partial charge >= 0.3 is 12.1 Å². The molecule has 3 aromatic rings. The Morgan fingerprint density at radius 3 is 2.49 bits per heavy atom. The zero-order valence-electron chi connectivity index (χ0n) is 19.6. The molecule has 0 saturated heterocycles. The van der Waals surface area contributed by atoms with Crippen molar-refractivity contribution in [3.63, 3.8) is 0 Å². The molecule has 1 aliphatic carbocycles. The number of esters is 1. The van der Waals surface area contributed by atoms with Crippen molar-refractivity contribution in [3.05, 3.63) is 87.9 Å². The molecule has 1 unspecified atom stereocenters. The number of carbonyl (C=O) groups is 1. The highest BCUT2D eigenvalue weighted by Gasteiger charge is 2.32. The fourth-order valence-electron chi connectivity index (χ4n) is 4.49. The molecule has 1 aliphatic rings. The number of nitrogens with one attached hydrogen (secondary N) is 1. The average Bonchev–Trinajstić information content (AvgIpc) is 3.00. The van der Waals surface area contributed by atoms with Gasteiger partial charge in [-0.05, 0) is 71.2 Å². The number of hydrogen-bond donors (Lipinski definition) is 1. The SMILES string of the molecule is CC(C)C(Nc1ccc(C(F)(F)F)cc1Cl)C(=O)OCc1cccc2c1CCCc1ccccc1-2. The molecule has 0 aliphatic heterocycles. The Labute approximate surface area is 208 Å². The summed E-state index contributed by atoms with van der Waals surface area (Å²) in [4.78, 5) is 13.0. The number of ether oxygens (including phenoxy) is 1. The Balaban J connectivity index is 1.51. The predicted octanol–water partition coefficient (Wildman–Crippen LogP) is 7.69. The molecule has 0 amide bonds. The minimum atomic E-state index is -4.49. The van der Waals surface area contributed by atoms with Gasteiger partial charge in [0, 0.05) is 0 Å². The molecule has 0 spiro atoms.